The van der Waals surface area contributed by atoms with E-state index in [2.05, 4.69) is 23.4 Å². The molecule has 0 N–H and O–H groups in total. The summed E-state index contributed by atoms with van der Waals surface area (Å²) in [7, 11) is 7.25. The van der Waals surface area contributed by atoms with Crippen LogP contribution >= 0.6 is 18.5 Å². The number of hydrogen-bond donors (Lipinski definition) is 0. The van der Waals surface area contributed by atoms with Crippen LogP contribution in [0.5, 0.6) is 0 Å². The van der Waals surface area contributed by atoms with Crippen molar-refractivity contribution in [2.45, 2.75) is 0 Å². The molecule has 0 rings (SSSR count). The lowest BCUT2D eigenvalue weighted by Crippen LogP contribution is -2.30. The Hall–Kier alpha value is 0.780. The number of hydrogen-bond acceptors (Lipinski definition) is 2. The van der Waals surface area contributed by atoms with E-state index in [4.69, 9.17) is 4.74 Å². The zero-order valence-corrected chi connectivity index (χ0v) is 9.56. The molecule has 0 aromatic carbocycles. The lowest BCUT2D eigenvalue weighted by molar-refractivity contribution is 0.155. The molecule has 0 aliphatic carbocycles. The average Bonchev–Trinajstić information content (AvgIpc) is 2.01. The molecule has 0 aromatic heterocycles. The fourth-order valence-electron chi connectivity index (χ4n) is 0.921. The zero-order valence-electron chi connectivity index (χ0n) is 7.25. The minimum absolute atomic E-state index is 0.843. The normalized spacial score (nSPS) is 10.9. The van der Waals surface area contributed by atoms with Crippen LogP contribution in [0.4, 0.5) is 0 Å². The first-order valence-corrected chi connectivity index (χ1v) is 5.60. The van der Waals surface area contributed by atoms with Gasteiger partial charge >= 0.3 is 0 Å². The summed E-state index contributed by atoms with van der Waals surface area (Å²) in [5, 5.41) is 0. The van der Waals surface area contributed by atoms with Crippen molar-refractivity contribution >= 4 is 18.5 Å². The standard InChI is InChI=1S/C7H19NOP2/c1-9-5-2-8(3-6-10)4-7-11/h2-7,10-11H2,1H3. The molecule has 2 atom stereocenters. The molecule has 0 amide bonds. The largest absolute Gasteiger partial charge is 0.383 e. The van der Waals surface area contributed by atoms with Crippen molar-refractivity contribution in [1.29, 1.82) is 0 Å². The van der Waals surface area contributed by atoms with Crippen molar-refractivity contribution in [3.05, 3.63) is 0 Å². The van der Waals surface area contributed by atoms with Crippen molar-refractivity contribution in [3.63, 3.8) is 0 Å². The lowest BCUT2D eigenvalue weighted by atomic mass is 10.5. The maximum atomic E-state index is 5.01. The van der Waals surface area contributed by atoms with E-state index >= 15 is 0 Å². The Morgan fingerprint density at radius 3 is 2.00 bits per heavy atom. The van der Waals surface area contributed by atoms with E-state index in [0.717, 1.165) is 38.6 Å². The van der Waals surface area contributed by atoms with E-state index in [0.29, 0.717) is 0 Å². The lowest BCUT2D eigenvalue weighted by Gasteiger charge is -2.19. The van der Waals surface area contributed by atoms with Gasteiger partial charge in [0, 0.05) is 26.7 Å². The molecule has 2 nitrogen and oxygen atoms in total. The van der Waals surface area contributed by atoms with Crippen LogP contribution in [0.15, 0.2) is 0 Å². The van der Waals surface area contributed by atoms with Crippen molar-refractivity contribution in [1.82, 2.24) is 4.90 Å². The van der Waals surface area contributed by atoms with E-state index in [1.54, 1.807) is 7.11 Å². The molecule has 0 bridgehead atoms. The molecular formula is C7H19NOP2. The van der Waals surface area contributed by atoms with Crippen molar-refractivity contribution in [2.75, 3.05) is 45.7 Å². The molecule has 11 heavy (non-hydrogen) atoms. The minimum atomic E-state index is 0.843. The van der Waals surface area contributed by atoms with Gasteiger partial charge in [0.15, 0.2) is 0 Å². The number of methoxy groups -OCH3 is 1. The number of ether oxygens (including phenoxy) is 1. The monoisotopic (exact) mass is 195 g/mol. The third-order valence-electron chi connectivity index (χ3n) is 1.50. The summed E-state index contributed by atoms with van der Waals surface area (Å²) in [4.78, 5) is 2.41. The molecule has 0 radical (unpaired) electrons. The molecule has 0 fully saturated rings. The van der Waals surface area contributed by atoms with Gasteiger partial charge in [-0.2, -0.15) is 0 Å². The molecule has 0 aromatic rings. The minimum Gasteiger partial charge on any atom is -0.383 e. The van der Waals surface area contributed by atoms with E-state index in [-0.39, 0.29) is 0 Å². The van der Waals surface area contributed by atoms with E-state index in [1.807, 2.05) is 0 Å². The predicted octanol–water partition coefficient (Wildman–Crippen LogP) is 0.685. The summed E-state index contributed by atoms with van der Waals surface area (Å²) in [5.41, 5.74) is 0. The second kappa shape index (κ2) is 8.87. The second-order valence-corrected chi connectivity index (χ2v) is 3.57. The van der Waals surface area contributed by atoms with Gasteiger partial charge in [-0.25, -0.2) is 0 Å². The molecule has 0 aliphatic heterocycles. The number of rotatable bonds is 7. The Bertz CT molecular complexity index is 76.8. The second-order valence-electron chi connectivity index (χ2n) is 2.41. The van der Waals surface area contributed by atoms with Crippen LogP contribution in [0.3, 0.4) is 0 Å². The summed E-state index contributed by atoms with van der Waals surface area (Å²) in [6, 6.07) is 0. The van der Waals surface area contributed by atoms with Crippen LogP contribution < -0.4 is 0 Å². The van der Waals surface area contributed by atoms with Crippen LogP contribution in [-0.4, -0.2) is 50.6 Å². The van der Waals surface area contributed by atoms with Gasteiger partial charge in [0.1, 0.15) is 0 Å². The third-order valence-corrected chi connectivity index (χ3v) is 2.02. The highest BCUT2D eigenvalue weighted by Crippen LogP contribution is 1.93. The van der Waals surface area contributed by atoms with Crippen molar-refractivity contribution < 1.29 is 4.74 Å². The van der Waals surface area contributed by atoms with E-state index in [1.165, 1.54) is 0 Å². The molecule has 0 spiro atoms. The van der Waals surface area contributed by atoms with Gasteiger partial charge in [0.2, 0.25) is 0 Å². The van der Waals surface area contributed by atoms with Crippen LogP contribution in [-0.2, 0) is 4.74 Å². The summed E-state index contributed by atoms with van der Waals surface area (Å²) in [5.74, 6) is 0. The first-order chi connectivity index (χ1) is 5.35. The van der Waals surface area contributed by atoms with Gasteiger partial charge in [-0.1, -0.05) is 0 Å². The Balaban J connectivity index is 3.34. The molecule has 0 saturated heterocycles. The van der Waals surface area contributed by atoms with E-state index in [9.17, 15) is 0 Å². The zero-order chi connectivity index (χ0) is 8.53. The number of nitrogens with zero attached hydrogens (tertiary/aromatic N) is 1. The average molecular weight is 195 g/mol. The van der Waals surface area contributed by atoms with Crippen molar-refractivity contribution in [2.24, 2.45) is 0 Å². The Labute approximate surface area is 74.5 Å². The predicted molar refractivity (Wildman–Crippen MR) is 57.5 cm³/mol. The molecule has 68 valence electrons. The summed E-state index contributed by atoms with van der Waals surface area (Å²) < 4.78 is 5.01. The van der Waals surface area contributed by atoms with Gasteiger partial charge in [-0.15, -0.1) is 18.5 Å². The molecule has 0 saturated carbocycles. The van der Waals surface area contributed by atoms with Crippen LogP contribution in [0, 0.1) is 0 Å². The first kappa shape index (κ1) is 11.8. The topological polar surface area (TPSA) is 12.5 Å². The van der Waals surface area contributed by atoms with Gasteiger partial charge in [0.05, 0.1) is 6.61 Å². The SMILES string of the molecule is COCCN(CCP)CCP. The van der Waals surface area contributed by atoms with Crippen LogP contribution in [0.2, 0.25) is 0 Å². The highest BCUT2D eigenvalue weighted by molar-refractivity contribution is 7.16. The maximum Gasteiger partial charge on any atom is 0.0589 e. The smallest absolute Gasteiger partial charge is 0.0589 e. The van der Waals surface area contributed by atoms with Crippen LogP contribution in [0.25, 0.3) is 0 Å². The Kier molecular flexibility index (Phi) is 9.50. The van der Waals surface area contributed by atoms with Gasteiger partial charge in [-0.05, 0) is 12.3 Å². The van der Waals surface area contributed by atoms with E-state index < -0.39 is 0 Å². The maximum absolute atomic E-state index is 5.01. The molecule has 2 unspecified atom stereocenters. The Morgan fingerprint density at radius 2 is 1.64 bits per heavy atom. The van der Waals surface area contributed by atoms with Gasteiger partial charge in [0.25, 0.3) is 0 Å². The summed E-state index contributed by atoms with van der Waals surface area (Å²) >= 11 is 0. The fourth-order valence-corrected chi connectivity index (χ4v) is 1.65. The van der Waals surface area contributed by atoms with Gasteiger partial charge < -0.3 is 9.64 Å². The fraction of sp³-hybridized carbons (Fsp3) is 1.00. The molecule has 0 heterocycles. The third kappa shape index (κ3) is 7.15. The van der Waals surface area contributed by atoms with Gasteiger partial charge in [-0.3, -0.25) is 0 Å². The van der Waals surface area contributed by atoms with Crippen molar-refractivity contribution in [3.8, 4) is 0 Å². The quantitative estimate of drug-likeness (QED) is 0.554. The molecule has 0 aliphatic rings. The van der Waals surface area contributed by atoms with Crippen LogP contribution in [0.1, 0.15) is 0 Å². The Morgan fingerprint density at radius 1 is 1.09 bits per heavy atom. The highest BCUT2D eigenvalue weighted by atomic mass is 31.0. The molecular weight excluding hydrogens is 176 g/mol. The first-order valence-electron chi connectivity index (χ1n) is 3.96. The molecule has 4 heteroatoms. The summed E-state index contributed by atoms with van der Waals surface area (Å²) in [6.07, 6.45) is 2.29. The summed E-state index contributed by atoms with van der Waals surface area (Å²) in [6.45, 7) is 4.21. The highest BCUT2D eigenvalue weighted by Gasteiger charge is 2.00.